The molecule has 0 bridgehead atoms. The lowest BCUT2D eigenvalue weighted by molar-refractivity contribution is 0.124. The minimum Gasteiger partial charge on any atom is -0.321 e. The number of thiophene rings is 1. The monoisotopic (exact) mass is 490 g/mol. The molecule has 1 atom stereocenters. The fraction of sp³-hybridized carbons (Fsp3) is 0.481. The Morgan fingerprint density at radius 2 is 1.97 bits per heavy atom. The highest BCUT2D eigenvalue weighted by molar-refractivity contribution is 7.09. The molecule has 3 aromatic heterocycles. The summed E-state index contributed by atoms with van der Waals surface area (Å²) in [5.74, 6) is 1.18. The third kappa shape index (κ3) is 4.95. The normalized spacial score (nSPS) is 15.6. The highest BCUT2D eigenvalue weighted by Gasteiger charge is 2.32. The van der Waals surface area contributed by atoms with Crippen molar-refractivity contribution in [1.82, 2.24) is 30.1 Å². The summed E-state index contributed by atoms with van der Waals surface area (Å²) in [6, 6.07) is 10.9. The molecule has 7 nitrogen and oxygen atoms in total. The lowest BCUT2D eigenvalue weighted by Gasteiger charge is -2.33. The van der Waals surface area contributed by atoms with Crippen LogP contribution in [0.3, 0.4) is 0 Å². The zero-order valence-corrected chi connectivity index (χ0v) is 21.8. The molecule has 1 aliphatic carbocycles. The van der Waals surface area contributed by atoms with Gasteiger partial charge in [0, 0.05) is 23.5 Å². The smallest absolute Gasteiger partial charge is 0.252 e. The third-order valence-corrected chi connectivity index (χ3v) is 8.02. The molecule has 0 saturated heterocycles. The number of nitrogens with one attached hydrogen (secondary N) is 1. The number of tetrazole rings is 1. The van der Waals surface area contributed by atoms with Crippen molar-refractivity contribution in [1.29, 1.82) is 0 Å². The molecule has 1 saturated carbocycles. The average molecular weight is 491 g/mol. The summed E-state index contributed by atoms with van der Waals surface area (Å²) in [6.07, 6.45) is 4.69. The standard InChI is InChI=1S/C27H34N6OS/c1-17(2)25(26-29-30-31-33(26)22-8-5-6-9-22)32(16-23-10-7-11-35-23)15-21-14-20-13-18(3)12-19(4)24(20)28-27(21)34/h7,10-14,17,22,25H,5-6,8-9,15-16H2,1-4H3,(H,28,34). The fourth-order valence-electron chi connectivity index (χ4n) is 5.61. The van der Waals surface area contributed by atoms with E-state index in [0.29, 0.717) is 12.6 Å². The van der Waals surface area contributed by atoms with E-state index < -0.39 is 0 Å². The van der Waals surface area contributed by atoms with Crippen LogP contribution in [0.1, 0.15) is 79.0 Å². The Balaban J connectivity index is 1.56. The van der Waals surface area contributed by atoms with Crippen molar-refractivity contribution in [3.05, 3.63) is 73.5 Å². The number of H-pyrrole nitrogens is 1. The van der Waals surface area contributed by atoms with Crippen molar-refractivity contribution < 1.29 is 0 Å². The Labute approximate surface area is 210 Å². The summed E-state index contributed by atoms with van der Waals surface area (Å²) >= 11 is 1.74. The quantitative estimate of drug-likeness (QED) is 0.342. The number of aromatic amines is 1. The van der Waals surface area contributed by atoms with Crippen molar-refractivity contribution in [3.63, 3.8) is 0 Å². The Morgan fingerprint density at radius 3 is 2.69 bits per heavy atom. The number of fused-ring (bicyclic) bond motifs is 1. The molecule has 0 radical (unpaired) electrons. The van der Waals surface area contributed by atoms with Gasteiger partial charge < -0.3 is 4.98 Å². The minimum absolute atomic E-state index is 0.0120. The molecule has 1 fully saturated rings. The summed E-state index contributed by atoms with van der Waals surface area (Å²) in [5, 5.41) is 16.3. The molecule has 1 aromatic carbocycles. The SMILES string of the molecule is Cc1cc(C)c2[nH]c(=O)c(CN(Cc3cccs3)C(c3nnnn3C3CCCC3)C(C)C)cc2c1. The molecule has 4 aromatic rings. The van der Waals surface area contributed by atoms with Crippen LogP contribution in [0, 0.1) is 19.8 Å². The van der Waals surface area contributed by atoms with E-state index in [1.165, 1.54) is 23.3 Å². The fourth-order valence-corrected chi connectivity index (χ4v) is 6.34. The van der Waals surface area contributed by atoms with Crippen LogP contribution in [0.4, 0.5) is 0 Å². The van der Waals surface area contributed by atoms with Crippen LogP contribution >= 0.6 is 11.3 Å². The highest BCUT2D eigenvalue weighted by Crippen LogP contribution is 2.35. The van der Waals surface area contributed by atoms with Gasteiger partial charge in [-0.25, -0.2) is 4.68 Å². The first-order valence-electron chi connectivity index (χ1n) is 12.6. The Morgan fingerprint density at radius 1 is 1.17 bits per heavy atom. The summed E-state index contributed by atoms with van der Waals surface area (Å²) in [4.78, 5) is 20.0. The van der Waals surface area contributed by atoms with E-state index in [1.54, 1.807) is 11.3 Å². The molecule has 5 rings (SSSR count). The zero-order valence-electron chi connectivity index (χ0n) is 21.0. The number of benzene rings is 1. The first-order valence-corrected chi connectivity index (χ1v) is 13.5. The first-order chi connectivity index (χ1) is 16.9. The predicted octanol–water partition coefficient (Wildman–Crippen LogP) is 5.71. The van der Waals surface area contributed by atoms with Gasteiger partial charge in [-0.1, -0.05) is 44.4 Å². The number of nitrogens with zero attached hydrogens (tertiary/aromatic N) is 5. The van der Waals surface area contributed by atoms with E-state index in [0.717, 1.165) is 47.2 Å². The molecule has 184 valence electrons. The lowest BCUT2D eigenvalue weighted by Crippen LogP contribution is -2.35. The van der Waals surface area contributed by atoms with E-state index in [-0.39, 0.29) is 17.5 Å². The van der Waals surface area contributed by atoms with E-state index in [2.05, 4.69) is 86.6 Å². The van der Waals surface area contributed by atoms with E-state index in [9.17, 15) is 4.79 Å². The van der Waals surface area contributed by atoms with Crippen LogP contribution in [-0.4, -0.2) is 30.1 Å². The second kappa shape index (κ2) is 10.0. The van der Waals surface area contributed by atoms with Crippen LogP contribution in [-0.2, 0) is 13.1 Å². The molecule has 0 spiro atoms. The molecular formula is C27H34N6OS. The summed E-state index contributed by atoms with van der Waals surface area (Å²) in [6.45, 7) is 9.84. The summed E-state index contributed by atoms with van der Waals surface area (Å²) in [7, 11) is 0. The molecular weight excluding hydrogens is 456 g/mol. The maximum Gasteiger partial charge on any atom is 0.252 e. The number of hydrogen-bond acceptors (Lipinski definition) is 6. The van der Waals surface area contributed by atoms with Crippen molar-refractivity contribution in [3.8, 4) is 0 Å². The maximum absolute atomic E-state index is 13.2. The van der Waals surface area contributed by atoms with E-state index in [1.807, 2.05) is 6.92 Å². The van der Waals surface area contributed by atoms with Gasteiger partial charge in [0.15, 0.2) is 5.82 Å². The van der Waals surface area contributed by atoms with Gasteiger partial charge in [-0.3, -0.25) is 9.69 Å². The third-order valence-electron chi connectivity index (χ3n) is 7.16. The van der Waals surface area contributed by atoms with E-state index >= 15 is 0 Å². The van der Waals surface area contributed by atoms with Gasteiger partial charge in [-0.2, -0.15) is 0 Å². The van der Waals surface area contributed by atoms with Crippen LogP contribution < -0.4 is 5.56 Å². The first kappa shape index (κ1) is 23.9. The molecule has 1 N–H and O–H groups in total. The van der Waals surface area contributed by atoms with Crippen molar-refractivity contribution in [2.24, 2.45) is 5.92 Å². The molecule has 1 aliphatic rings. The highest BCUT2D eigenvalue weighted by atomic mass is 32.1. The second-order valence-electron chi connectivity index (χ2n) is 10.3. The van der Waals surface area contributed by atoms with Crippen molar-refractivity contribution in [2.45, 2.75) is 78.6 Å². The molecule has 35 heavy (non-hydrogen) atoms. The Kier molecular flexibility index (Phi) is 6.84. The largest absolute Gasteiger partial charge is 0.321 e. The van der Waals surface area contributed by atoms with E-state index in [4.69, 9.17) is 0 Å². The summed E-state index contributed by atoms with van der Waals surface area (Å²) in [5.41, 5.74) is 3.94. The molecule has 8 heteroatoms. The number of rotatable bonds is 8. The molecule has 3 heterocycles. The van der Waals surface area contributed by atoms with Crippen LogP contribution in [0.25, 0.3) is 10.9 Å². The minimum atomic E-state index is -0.0291. The Bertz CT molecular complexity index is 1350. The van der Waals surface area contributed by atoms with Gasteiger partial charge >= 0.3 is 0 Å². The topological polar surface area (TPSA) is 79.7 Å². The molecule has 0 amide bonds. The number of aryl methyl sites for hydroxylation is 2. The molecule has 1 unspecified atom stereocenters. The zero-order chi connectivity index (χ0) is 24.5. The lowest BCUT2D eigenvalue weighted by atomic mass is 9.99. The van der Waals surface area contributed by atoms with Crippen molar-refractivity contribution >= 4 is 22.2 Å². The van der Waals surface area contributed by atoms with Crippen molar-refractivity contribution in [2.75, 3.05) is 0 Å². The van der Waals surface area contributed by atoms with Gasteiger partial charge in [-0.05, 0) is 77.6 Å². The average Bonchev–Trinajstić information content (AvgIpc) is 3.57. The second-order valence-corrected chi connectivity index (χ2v) is 11.3. The van der Waals surface area contributed by atoms with Gasteiger partial charge in [0.05, 0.1) is 17.6 Å². The Hall–Kier alpha value is -2.84. The van der Waals surface area contributed by atoms with Gasteiger partial charge in [0.25, 0.3) is 5.56 Å². The molecule has 0 aliphatic heterocycles. The number of pyridine rings is 1. The predicted molar refractivity (Wildman–Crippen MR) is 141 cm³/mol. The van der Waals surface area contributed by atoms with Crippen LogP contribution in [0.5, 0.6) is 0 Å². The maximum atomic E-state index is 13.2. The van der Waals surface area contributed by atoms with Crippen LogP contribution in [0.2, 0.25) is 0 Å². The number of hydrogen-bond donors (Lipinski definition) is 1. The van der Waals surface area contributed by atoms with Gasteiger partial charge in [-0.15, -0.1) is 16.4 Å². The van der Waals surface area contributed by atoms with Gasteiger partial charge in [0.1, 0.15) is 0 Å². The van der Waals surface area contributed by atoms with Crippen LogP contribution in [0.15, 0.2) is 40.5 Å². The van der Waals surface area contributed by atoms with Gasteiger partial charge in [0.2, 0.25) is 0 Å². The number of aromatic nitrogens is 5. The summed E-state index contributed by atoms with van der Waals surface area (Å²) < 4.78 is 2.07.